The minimum absolute atomic E-state index is 0.713. The predicted molar refractivity (Wildman–Crippen MR) is 70.5 cm³/mol. The smallest absolute Gasteiger partial charge is 0.00700 e. The van der Waals surface area contributed by atoms with Crippen molar-refractivity contribution >= 4 is 0 Å². The third kappa shape index (κ3) is 3.00. The predicted octanol–water partition coefficient (Wildman–Crippen LogP) is 3.98. The summed E-state index contributed by atoms with van der Waals surface area (Å²) in [5.41, 5.74) is 0.713. The molecule has 0 amide bonds. The molecule has 2 aliphatic rings. The Morgan fingerprint density at radius 1 is 1.25 bits per heavy atom. The van der Waals surface area contributed by atoms with Crippen LogP contribution in [0.2, 0.25) is 0 Å². The normalized spacial score (nSPS) is 33.0. The summed E-state index contributed by atoms with van der Waals surface area (Å²) in [5.74, 6) is 1.86. The third-order valence-corrected chi connectivity index (χ3v) is 5.13. The Morgan fingerprint density at radius 2 is 2.00 bits per heavy atom. The molecule has 0 aromatic carbocycles. The average Bonchev–Trinajstić information content (AvgIpc) is 3.07. The summed E-state index contributed by atoms with van der Waals surface area (Å²) < 4.78 is 0. The summed E-state index contributed by atoms with van der Waals surface area (Å²) in [5, 5.41) is 3.86. The molecule has 0 radical (unpaired) electrons. The van der Waals surface area contributed by atoms with Crippen LogP contribution in [0.15, 0.2) is 0 Å². The van der Waals surface area contributed by atoms with Gasteiger partial charge in [-0.3, -0.25) is 0 Å². The zero-order valence-corrected chi connectivity index (χ0v) is 11.4. The van der Waals surface area contributed by atoms with Crippen molar-refractivity contribution < 1.29 is 0 Å². The third-order valence-electron chi connectivity index (χ3n) is 5.13. The van der Waals surface area contributed by atoms with E-state index in [4.69, 9.17) is 0 Å². The lowest BCUT2D eigenvalue weighted by molar-refractivity contribution is 0.223. The Labute approximate surface area is 101 Å². The van der Waals surface area contributed by atoms with Gasteiger partial charge in [-0.15, -0.1) is 0 Å². The van der Waals surface area contributed by atoms with Crippen LogP contribution in [0.1, 0.15) is 65.7 Å². The standard InChI is InChI=1S/C15H29N/c1-4-15(8-9-15)11-16-14-7-5-6-13(10-14)12(2)3/h12-14,16H,4-11H2,1-3H3. The highest BCUT2D eigenvalue weighted by Crippen LogP contribution is 2.48. The lowest BCUT2D eigenvalue weighted by Gasteiger charge is -2.33. The van der Waals surface area contributed by atoms with E-state index in [2.05, 4.69) is 26.1 Å². The molecule has 0 spiro atoms. The van der Waals surface area contributed by atoms with E-state index < -0.39 is 0 Å². The van der Waals surface area contributed by atoms with Crippen molar-refractivity contribution in [1.29, 1.82) is 0 Å². The van der Waals surface area contributed by atoms with E-state index in [9.17, 15) is 0 Å². The highest BCUT2D eigenvalue weighted by Gasteiger charge is 2.40. The van der Waals surface area contributed by atoms with E-state index in [-0.39, 0.29) is 0 Å². The Hall–Kier alpha value is -0.0400. The van der Waals surface area contributed by atoms with Gasteiger partial charge in [-0.2, -0.15) is 0 Å². The minimum Gasteiger partial charge on any atom is -0.313 e. The van der Waals surface area contributed by atoms with Gasteiger partial charge in [0.1, 0.15) is 0 Å². The lowest BCUT2D eigenvalue weighted by Crippen LogP contribution is -2.38. The summed E-state index contributed by atoms with van der Waals surface area (Å²) in [4.78, 5) is 0. The molecule has 2 aliphatic carbocycles. The van der Waals surface area contributed by atoms with Crippen LogP contribution in [0.3, 0.4) is 0 Å². The first-order valence-corrected chi connectivity index (χ1v) is 7.38. The first kappa shape index (κ1) is 12.4. The zero-order chi connectivity index (χ0) is 11.6. The fourth-order valence-corrected chi connectivity index (χ4v) is 3.21. The number of rotatable bonds is 5. The van der Waals surface area contributed by atoms with Crippen molar-refractivity contribution in [3.05, 3.63) is 0 Å². The van der Waals surface area contributed by atoms with Gasteiger partial charge < -0.3 is 5.32 Å². The van der Waals surface area contributed by atoms with Gasteiger partial charge in [0.2, 0.25) is 0 Å². The molecule has 94 valence electrons. The molecule has 2 rings (SSSR count). The topological polar surface area (TPSA) is 12.0 Å². The average molecular weight is 223 g/mol. The second-order valence-electron chi connectivity index (χ2n) is 6.60. The van der Waals surface area contributed by atoms with Gasteiger partial charge in [-0.1, -0.05) is 33.6 Å². The van der Waals surface area contributed by atoms with Crippen molar-refractivity contribution in [2.75, 3.05) is 6.54 Å². The van der Waals surface area contributed by atoms with Crippen molar-refractivity contribution in [3.63, 3.8) is 0 Å². The second kappa shape index (κ2) is 5.08. The maximum atomic E-state index is 3.86. The first-order chi connectivity index (χ1) is 7.65. The molecular weight excluding hydrogens is 194 g/mol. The van der Waals surface area contributed by atoms with Crippen LogP contribution in [-0.2, 0) is 0 Å². The molecule has 2 fully saturated rings. The summed E-state index contributed by atoms with van der Waals surface area (Å²) in [6.07, 6.45) is 10.1. The summed E-state index contributed by atoms with van der Waals surface area (Å²) >= 11 is 0. The van der Waals surface area contributed by atoms with Gasteiger partial charge in [0.15, 0.2) is 0 Å². The monoisotopic (exact) mass is 223 g/mol. The van der Waals surface area contributed by atoms with Crippen LogP contribution < -0.4 is 5.32 Å². The van der Waals surface area contributed by atoms with Crippen molar-refractivity contribution in [2.45, 2.75) is 71.8 Å². The van der Waals surface area contributed by atoms with Crippen LogP contribution in [-0.4, -0.2) is 12.6 Å². The minimum atomic E-state index is 0.713. The number of nitrogens with one attached hydrogen (secondary N) is 1. The molecule has 0 heterocycles. The largest absolute Gasteiger partial charge is 0.313 e. The molecule has 2 saturated carbocycles. The molecule has 0 bridgehead atoms. The number of hydrogen-bond donors (Lipinski definition) is 1. The van der Waals surface area contributed by atoms with Gasteiger partial charge in [0, 0.05) is 12.6 Å². The van der Waals surface area contributed by atoms with Crippen LogP contribution >= 0.6 is 0 Å². The Balaban J connectivity index is 1.73. The van der Waals surface area contributed by atoms with Gasteiger partial charge in [0.05, 0.1) is 0 Å². The molecule has 0 aliphatic heterocycles. The maximum absolute atomic E-state index is 3.86. The molecule has 2 unspecified atom stereocenters. The van der Waals surface area contributed by atoms with Gasteiger partial charge in [-0.05, 0) is 49.4 Å². The van der Waals surface area contributed by atoms with Gasteiger partial charge in [0.25, 0.3) is 0 Å². The van der Waals surface area contributed by atoms with Crippen molar-refractivity contribution in [1.82, 2.24) is 5.32 Å². The van der Waals surface area contributed by atoms with E-state index in [1.807, 2.05) is 0 Å². The van der Waals surface area contributed by atoms with E-state index in [0.717, 1.165) is 17.9 Å². The van der Waals surface area contributed by atoms with Crippen molar-refractivity contribution in [2.24, 2.45) is 17.3 Å². The quantitative estimate of drug-likeness (QED) is 0.743. The lowest BCUT2D eigenvalue weighted by atomic mass is 9.79. The molecule has 1 nitrogen and oxygen atoms in total. The molecule has 1 heteroatoms. The zero-order valence-electron chi connectivity index (χ0n) is 11.4. The molecule has 16 heavy (non-hydrogen) atoms. The van der Waals surface area contributed by atoms with Crippen LogP contribution in [0.25, 0.3) is 0 Å². The highest BCUT2D eigenvalue weighted by molar-refractivity contribution is 4.94. The van der Waals surface area contributed by atoms with Crippen molar-refractivity contribution in [3.8, 4) is 0 Å². The highest BCUT2D eigenvalue weighted by atomic mass is 14.9. The summed E-state index contributed by atoms with van der Waals surface area (Å²) in [7, 11) is 0. The Morgan fingerprint density at radius 3 is 2.56 bits per heavy atom. The molecule has 2 atom stereocenters. The van der Waals surface area contributed by atoms with Gasteiger partial charge in [-0.25, -0.2) is 0 Å². The molecule has 0 saturated heterocycles. The Bertz CT molecular complexity index is 217. The van der Waals surface area contributed by atoms with Crippen LogP contribution in [0.5, 0.6) is 0 Å². The first-order valence-electron chi connectivity index (χ1n) is 7.38. The van der Waals surface area contributed by atoms with E-state index in [1.54, 1.807) is 0 Å². The van der Waals surface area contributed by atoms with Gasteiger partial charge >= 0.3 is 0 Å². The second-order valence-corrected chi connectivity index (χ2v) is 6.60. The maximum Gasteiger partial charge on any atom is 0.00700 e. The fraction of sp³-hybridized carbons (Fsp3) is 1.00. The molecule has 1 N–H and O–H groups in total. The van der Waals surface area contributed by atoms with Crippen LogP contribution in [0.4, 0.5) is 0 Å². The summed E-state index contributed by atoms with van der Waals surface area (Å²) in [6.45, 7) is 8.42. The van der Waals surface area contributed by atoms with E-state index in [1.165, 1.54) is 51.5 Å². The molecule has 0 aromatic rings. The van der Waals surface area contributed by atoms with E-state index in [0.29, 0.717) is 5.41 Å². The molecule has 0 aromatic heterocycles. The Kier molecular flexibility index (Phi) is 3.94. The molecular formula is C15H29N. The number of hydrogen-bond acceptors (Lipinski definition) is 1. The van der Waals surface area contributed by atoms with Crippen LogP contribution in [0, 0.1) is 17.3 Å². The SMILES string of the molecule is CCC1(CNC2CCCC(C(C)C)C2)CC1. The fourth-order valence-electron chi connectivity index (χ4n) is 3.21. The van der Waals surface area contributed by atoms with E-state index >= 15 is 0 Å². The summed E-state index contributed by atoms with van der Waals surface area (Å²) in [6, 6.07) is 0.824.